The number of halogens is 2. The summed E-state index contributed by atoms with van der Waals surface area (Å²) in [6.07, 6.45) is 4.44. The van der Waals surface area contributed by atoms with Crippen LogP contribution < -0.4 is 4.90 Å². The van der Waals surface area contributed by atoms with Crippen molar-refractivity contribution in [2.75, 3.05) is 24.5 Å². The number of likely N-dealkylation sites (tertiary alicyclic amines) is 1. The normalized spacial score (nSPS) is 16.4. The zero-order valence-electron chi connectivity index (χ0n) is 21.4. The van der Waals surface area contributed by atoms with E-state index in [-0.39, 0.29) is 17.4 Å². The number of carbonyl (C=O) groups excluding carboxylic acids is 2. The fraction of sp³-hybridized carbons (Fsp3) is 0.233. The molecule has 0 unspecified atom stereocenters. The number of ketones is 1. The quantitative estimate of drug-likeness (QED) is 0.333. The highest BCUT2D eigenvalue weighted by Crippen LogP contribution is 2.40. The predicted octanol–water partition coefficient (Wildman–Crippen LogP) is 5.22. The van der Waals surface area contributed by atoms with Crippen molar-refractivity contribution in [3.63, 3.8) is 0 Å². The lowest BCUT2D eigenvalue weighted by Crippen LogP contribution is -2.56. The molecular weight excluding hydrogens is 514 g/mol. The van der Waals surface area contributed by atoms with Crippen LogP contribution in [0.4, 0.5) is 20.2 Å². The number of Topliss-reactive ketones (excluding diaryl/α,β-unsaturated/α-hetero) is 1. The molecule has 0 aliphatic carbocycles. The van der Waals surface area contributed by atoms with Crippen molar-refractivity contribution < 1.29 is 18.4 Å². The molecule has 10 heteroatoms. The third-order valence-corrected chi connectivity index (χ3v) is 7.80. The first-order chi connectivity index (χ1) is 19.4. The molecule has 1 amide bonds. The minimum atomic E-state index is -0.955. The van der Waals surface area contributed by atoms with Crippen LogP contribution in [0, 0.1) is 18.2 Å². The lowest BCUT2D eigenvalue weighted by molar-refractivity contribution is -0.123. The second-order valence-corrected chi connectivity index (χ2v) is 9.94. The maximum absolute atomic E-state index is 14.0. The van der Waals surface area contributed by atoms with Crippen molar-refractivity contribution in [2.45, 2.75) is 24.8 Å². The van der Waals surface area contributed by atoms with Crippen molar-refractivity contribution in [1.82, 2.24) is 19.7 Å². The van der Waals surface area contributed by atoms with Gasteiger partial charge >= 0.3 is 0 Å². The fourth-order valence-corrected chi connectivity index (χ4v) is 5.70. The molecule has 2 saturated heterocycles. The van der Waals surface area contributed by atoms with E-state index in [0.717, 1.165) is 17.7 Å². The second-order valence-electron chi connectivity index (χ2n) is 9.94. The van der Waals surface area contributed by atoms with Crippen LogP contribution in [-0.2, 0) is 4.79 Å². The van der Waals surface area contributed by atoms with Crippen LogP contribution in [0.1, 0.15) is 29.8 Å². The average Bonchev–Trinajstić information content (AvgIpc) is 3.57. The van der Waals surface area contributed by atoms with Crippen molar-refractivity contribution in [1.29, 1.82) is 0 Å². The number of piperidine rings is 1. The molecule has 4 aromatic rings. The summed E-state index contributed by atoms with van der Waals surface area (Å²) < 4.78 is 29.2. The minimum absolute atomic E-state index is 0.0512. The lowest BCUT2D eigenvalue weighted by atomic mass is 9.83. The highest BCUT2D eigenvalue weighted by atomic mass is 19.2. The highest BCUT2D eigenvalue weighted by Gasteiger charge is 2.50. The summed E-state index contributed by atoms with van der Waals surface area (Å²) in [6.45, 7) is 8.27. The molecule has 2 aromatic heterocycles. The van der Waals surface area contributed by atoms with Crippen LogP contribution in [0.5, 0.6) is 0 Å². The summed E-state index contributed by atoms with van der Waals surface area (Å²) in [5.41, 5.74) is 2.51. The van der Waals surface area contributed by atoms with Gasteiger partial charge in [-0.2, -0.15) is 5.10 Å². The Labute approximate surface area is 229 Å². The van der Waals surface area contributed by atoms with Gasteiger partial charge in [0.2, 0.25) is 0 Å². The SMILES string of the molecule is [C-]#[N+]c1ccc(-n2nc(C(=O)N3CCC4(CC3)C(=O)CCN4c3ccc(F)c(F)c3)cc2-c2cccnc2)cc1. The molecule has 4 heterocycles. The number of hydrogen-bond acceptors (Lipinski definition) is 5. The maximum atomic E-state index is 14.0. The molecule has 2 aliphatic rings. The Kier molecular flexibility index (Phi) is 6.34. The molecule has 0 atom stereocenters. The second kappa shape index (κ2) is 10.0. The molecule has 2 aromatic carbocycles. The Hall–Kier alpha value is -4.91. The van der Waals surface area contributed by atoms with Gasteiger partial charge in [0.25, 0.3) is 5.91 Å². The third kappa shape index (κ3) is 4.29. The van der Waals surface area contributed by atoms with E-state index in [4.69, 9.17) is 6.57 Å². The van der Waals surface area contributed by atoms with Gasteiger partial charge in [-0.05, 0) is 55.3 Å². The van der Waals surface area contributed by atoms with Crippen LogP contribution in [0.2, 0.25) is 0 Å². The van der Waals surface area contributed by atoms with E-state index in [1.807, 2.05) is 11.0 Å². The Balaban J connectivity index is 1.27. The lowest BCUT2D eigenvalue weighted by Gasteiger charge is -2.44. The zero-order chi connectivity index (χ0) is 27.9. The summed E-state index contributed by atoms with van der Waals surface area (Å²) >= 11 is 0. The fourth-order valence-electron chi connectivity index (χ4n) is 5.70. The van der Waals surface area contributed by atoms with E-state index in [0.29, 0.717) is 61.7 Å². The zero-order valence-corrected chi connectivity index (χ0v) is 21.4. The maximum Gasteiger partial charge on any atom is 0.274 e. The highest BCUT2D eigenvalue weighted by molar-refractivity contribution is 5.97. The first-order valence-electron chi connectivity index (χ1n) is 12.9. The van der Waals surface area contributed by atoms with Crippen LogP contribution >= 0.6 is 0 Å². The predicted molar refractivity (Wildman–Crippen MR) is 144 cm³/mol. The molecule has 200 valence electrons. The van der Waals surface area contributed by atoms with E-state index in [1.54, 1.807) is 58.4 Å². The summed E-state index contributed by atoms with van der Waals surface area (Å²) in [5.74, 6) is -2.10. The van der Waals surface area contributed by atoms with Crippen LogP contribution in [0.15, 0.2) is 73.1 Å². The Morgan fingerprint density at radius 3 is 2.38 bits per heavy atom. The average molecular weight is 539 g/mol. The smallest absolute Gasteiger partial charge is 0.274 e. The number of amides is 1. The third-order valence-electron chi connectivity index (χ3n) is 7.80. The number of rotatable bonds is 4. The molecule has 1 spiro atoms. The summed E-state index contributed by atoms with van der Waals surface area (Å²) in [7, 11) is 0. The van der Waals surface area contributed by atoms with Crippen LogP contribution in [0.3, 0.4) is 0 Å². The standard InChI is InChI=1S/C30H24F2N6O2/c1-33-21-4-6-22(7-5-21)38-27(20-3-2-13-34-19-20)18-26(35-38)29(40)36-15-11-30(12-16-36)28(39)10-14-37(30)23-8-9-24(31)25(32)17-23/h2-9,13,17-19H,10-12,14-16H2. The van der Waals surface area contributed by atoms with Gasteiger partial charge < -0.3 is 9.80 Å². The van der Waals surface area contributed by atoms with E-state index in [1.165, 1.54) is 6.07 Å². The summed E-state index contributed by atoms with van der Waals surface area (Å²) in [5, 5.41) is 4.64. The van der Waals surface area contributed by atoms with Crippen molar-refractivity contribution in [3.05, 3.63) is 102 Å². The number of benzene rings is 2. The summed E-state index contributed by atoms with van der Waals surface area (Å²) in [6, 6.07) is 16.0. The van der Waals surface area contributed by atoms with E-state index >= 15 is 0 Å². The molecule has 6 rings (SSSR count). The molecule has 2 aliphatic heterocycles. The largest absolute Gasteiger partial charge is 0.358 e. The van der Waals surface area contributed by atoms with E-state index in [2.05, 4.69) is 14.9 Å². The Bertz CT molecular complexity index is 1640. The van der Waals surface area contributed by atoms with Gasteiger partial charge in [-0.15, -0.1) is 0 Å². The van der Waals surface area contributed by atoms with Gasteiger partial charge in [-0.25, -0.2) is 18.3 Å². The van der Waals surface area contributed by atoms with Crippen molar-refractivity contribution in [3.8, 4) is 16.9 Å². The Morgan fingerprint density at radius 1 is 0.950 bits per heavy atom. The number of nitrogens with zero attached hydrogens (tertiary/aromatic N) is 6. The van der Waals surface area contributed by atoms with Crippen LogP contribution in [0.25, 0.3) is 21.8 Å². The van der Waals surface area contributed by atoms with Gasteiger partial charge in [0.1, 0.15) is 5.54 Å². The van der Waals surface area contributed by atoms with Crippen molar-refractivity contribution >= 4 is 23.1 Å². The first kappa shape index (κ1) is 25.4. The number of aromatic nitrogens is 3. The number of carbonyl (C=O) groups is 2. The number of hydrogen-bond donors (Lipinski definition) is 0. The van der Waals surface area contributed by atoms with Gasteiger partial charge in [0, 0.05) is 55.8 Å². The molecule has 0 radical (unpaired) electrons. The molecule has 40 heavy (non-hydrogen) atoms. The molecular formula is C30H24F2N6O2. The summed E-state index contributed by atoms with van der Waals surface area (Å²) in [4.78, 5) is 37.9. The van der Waals surface area contributed by atoms with Crippen molar-refractivity contribution in [2.24, 2.45) is 0 Å². The monoisotopic (exact) mass is 538 g/mol. The number of anilines is 1. The molecule has 0 N–H and O–H groups in total. The molecule has 0 saturated carbocycles. The van der Waals surface area contributed by atoms with E-state index < -0.39 is 17.2 Å². The van der Waals surface area contributed by atoms with Gasteiger partial charge in [0.05, 0.1) is 18.0 Å². The van der Waals surface area contributed by atoms with Gasteiger partial charge in [-0.3, -0.25) is 14.6 Å². The Morgan fingerprint density at radius 2 is 1.70 bits per heavy atom. The topological polar surface area (TPSA) is 75.7 Å². The van der Waals surface area contributed by atoms with E-state index in [9.17, 15) is 18.4 Å². The molecule has 8 nitrogen and oxygen atoms in total. The van der Waals surface area contributed by atoms with Gasteiger partial charge in [-0.1, -0.05) is 12.1 Å². The minimum Gasteiger partial charge on any atom is -0.358 e. The first-order valence-corrected chi connectivity index (χ1v) is 12.9. The molecule has 2 fully saturated rings. The van der Waals surface area contributed by atoms with Gasteiger partial charge in [0.15, 0.2) is 28.8 Å². The number of pyridine rings is 1. The molecule has 0 bridgehead atoms. The van der Waals surface area contributed by atoms with Crippen LogP contribution in [-0.4, -0.2) is 56.5 Å².